The Labute approximate surface area is 225 Å². The second-order valence-corrected chi connectivity index (χ2v) is 10.9. The normalized spacial score (nSPS) is 12.9. The maximum absolute atomic E-state index is 13.1. The third kappa shape index (κ3) is 8.35. The van der Waals surface area contributed by atoms with E-state index in [0.717, 1.165) is 16.3 Å². The molecule has 0 saturated carbocycles. The molecule has 11 heteroatoms. The lowest BCUT2D eigenvalue weighted by Gasteiger charge is -2.22. The van der Waals surface area contributed by atoms with E-state index in [4.69, 9.17) is 4.84 Å². The summed E-state index contributed by atoms with van der Waals surface area (Å²) >= 11 is 1.29. The van der Waals surface area contributed by atoms with E-state index in [1.165, 1.54) is 18.3 Å². The molecule has 4 amide bonds. The van der Waals surface area contributed by atoms with Crippen LogP contribution in [0.3, 0.4) is 0 Å². The van der Waals surface area contributed by atoms with E-state index in [9.17, 15) is 19.2 Å². The summed E-state index contributed by atoms with van der Waals surface area (Å²) in [6.07, 6.45) is -0.402. The summed E-state index contributed by atoms with van der Waals surface area (Å²) in [4.78, 5) is 60.4. The van der Waals surface area contributed by atoms with Gasteiger partial charge in [0.15, 0.2) is 0 Å². The maximum Gasteiger partial charge on any atom is 0.271 e. The van der Waals surface area contributed by atoms with Crippen LogP contribution in [0.5, 0.6) is 0 Å². The van der Waals surface area contributed by atoms with Crippen LogP contribution >= 0.6 is 11.3 Å². The number of thiazole rings is 1. The Balaban J connectivity index is 1.64. The minimum Gasteiger partial charge on any atom is -0.350 e. The molecular formula is C27H33N5O5S. The number of nitrogens with one attached hydrogen (secondary N) is 4. The van der Waals surface area contributed by atoms with Gasteiger partial charge in [0.2, 0.25) is 17.7 Å². The first kappa shape index (κ1) is 28.7. The van der Waals surface area contributed by atoms with Gasteiger partial charge in [-0.05, 0) is 51.0 Å². The van der Waals surface area contributed by atoms with E-state index >= 15 is 0 Å². The summed E-state index contributed by atoms with van der Waals surface area (Å²) in [6.45, 7) is 8.81. The molecule has 0 spiro atoms. The van der Waals surface area contributed by atoms with Crippen molar-refractivity contribution in [3.05, 3.63) is 64.1 Å². The van der Waals surface area contributed by atoms with Crippen molar-refractivity contribution in [2.45, 2.75) is 65.3 Å². The van der Waals surface area contributed by atoms with Crippen molar-refractivity contribution in [3.8, 4) is 0 Å². The van der Waals surface area contributed by atoms with Crippen LogP contribution in [-0.2, 0) is 25.8 Å². The molecule has 0 aliphatic carbocycles. The van der Waals surface area contributed by atoms with Crippen LogP contribution in [-0.4, -0.2) is 46.3 Å². The highest BCUT2D eigenvalue weighted by Crippen LogP contribution is 2.18. The minimum absolute atomic E-state index is 0.137. The zero-order valence-electron chi connectivity index (χ0n) is 22.1. The summed E-state index contributed by atoms with van der Waals surface area (Å²) in [5, 5.41) is 12.3. The van der Waals surface area contributed by atoms with Crippen LogP contribution in [0.15, 0.2) is 47.8 Å². The molecule has 3 rings (SSSR count). The number of amides is 4. The van der Waals surface area contributed by atoms with Gasteiger partial charge in [0.05, 0.1) is 17.0 Å². The molecule has 1 unspecified atom stereocenters. The number of benzene rings is 2. The lowest BCUT2D eigenvalue weighted by molar-refractivity contribution is -0.147. The second kappa shape index (κ2) is 12.6. The molecule has 10 nitrogen and oxygen atoms in total. The van der Waals surface area contributed by atoms with Gasteiger partial charge in [-0.1, -0.05) is 42.5 Å². The van der Waals surface area contributed by atoms with E-state index in [-0.39, 0.29) is 12.2 Å². The van der Waals surface area contributed by atoms with Gasteiger partial charge in [-0.15, -0.1) is 11.3 Å². The fourth-order valence-electron chi connectivity index (χ4n) is 3.51. The third-order valence-electron chi connectivity index (χ3n) is 5.42. The number of fused-ring (bicyclic) bond motifs is 1. The standard InChI is InChI=1S/C27H33N5O5S/c1-16(24(34)28-14-19-11-8-10-18-9-6-7-12-20(18)19)29-25(35)21(13-23(33)32-37-27(3,4)5)31-26(36)22-15-38-17(2)30-22/h6-12,15-16,21H,13-14H2,1-5H3,(H,28,34)(H,29,35)(H,31,36)(H,32,33)/t16-,21?/m0/s1. The van der Waals surface area contributed by atoms with Crippen molar-refractivity contribution in [3.63, 3.8) is 0 Å². The quantitative estimate of drug-likeness (QED) is 0.292. The molecule has 38 heavy (non-hydrogen) atoms. The number of hydrogen-bond acceptors (Lipinski definition) is 7. The first-order valence-electron chi connectivity index (χ1n) is 12.2. The average Bonchev–Trinajstić information content (AvgIpc) is 3.31. The Hall–Kier alpha value is -3.83. The maximum atomic E-state index is 13.1. The molecule has 1 heterocycles. The van der Waals surface area contributed by atoms with Crippen molar-refractivity contribution < 1.29 is 24.0 Å². The number of hydroxylamine groups is 1. The van der Waals surface area contributed by atoms with Crippen molar-refractivity contribution in [1.29, 1.82) is 0 Å². The highest BCUT2D eigenvalue weighted by Gasteiger charge is 2.28. The number of aryl methyl sites for hydroxylation is 1. The highest BCUT2D eigenvalue weighted by molar-refractivity contribution is 7.09. The average molecular weight is 540 g/mol. The molecule has 0 bridgehead atoms. The van der Waals surface area contributed by atoms with E-state index < -0.39 is 47.7 Å². The molecule has 202 valence electrons. The van der Waals surface area contributed by atoms with Crippen molar-refractivity contribution >= 4 is 45.7 Å². The first-order valence-corrected chi connectivity index (χ1v) is 13.1. The van der Waals surface area contributed by atoms with Crippen LogP contribution in [0.4, 0.5) is 0 Å². The zero-order chi connectivity index (χ0) is 27.9. The molecular weight excluding hydrogens is 506 g/mol. The molecule has 2 atom stereocenters. The zero-order valence-corrected chi connectivity index (χ0v) is 22.9. The van der Waals surface area contributed by atoms with Crippen LogP contribution in [0.25, 0.3) is 10.8 Å². The summed E-state index contributed by atoms with van der Waals surface area (Å²) in [7, 11) is 0. The van der Waals surface area contributed by atoms with Crippen LogP contribution in [0.2, 0.25) is 0 Å². The number of carbonyl (C=O) groups is 4. The highest BCUT2D eigenvalue weighted by atomic mass is 32.1. The predicted octanol–water partition coefficient (Wildman–Crippen LogP) is 2.76. The van der Waals surface area contributed by atoms with Gasteiger partial charge in [0.1, 0.15) is 17.8 Å². The summed E-state index contributed by atoms with van der Waals surface area (Å²) < 4.78 is 0. The summed E-state index contributed by atoms with van der Waals surface area (Å²) in [5.74, 6) is -2.31. The van der Waals surface area contributed by atoms with E-state index in [1.54, 1.807) is 33.1 Å². The Bertz CT molecular complexity index is 1310. The Morgan fingerprint density at radius 2 is 1.71 bits per heavy atom. The van der Waals surface area contributed by atoms with Crippen molar-refractivity contribution in [2.24, 2.45) is 0 Å². The summed E-state index contributed by atoms with van der Waals surface area (Å²) in [5.41, 5.74) is 2.72. The molecule has 0 saturated heterocycles. The number of carbonyl (C=O) groups excluding carboxylic acids is 4. The Morgan fingerprint density at radius 3 is 2.39 bits per heavy atom. The SMILES string of the molecule is Cc1nc(C(=O)NC(CC(=O)NOC(C)(C)C)C(=O)N[C@@H](C)C(=O)NCc2cccc3ccccc23)cs1. The van der Waals surface area contributed by atoms with Gasteiger partial charge in [-0.2, -0.15) is 0 Å². The van der Waals surface area contributed by atoms with E-state index in [2.05, 4.69) is 26.4 Å². The molecule has 4 N–H and O–H groups in total. The van der Waals surface area contributed by atoms with E-state index in [0.29, 0.717) is 5.01 Å². The van der Waals surface area contributed by atoms with Gasteiger partial charge < -0.3 is 16.0 Å². The number of hydrogen-bond donors (Lipinski definition) is 4. The van der Waals surface area contributed by atoms with Gasteiger partial charge in [-0.3, -0.25) is 24.0 Å². The lowest BCUT2D eigenvalue weighted by atomic mass is 10.0. The second-order valence-electron chi connectivity index (χ2n) is 9.81. The minimum atomic E-state index is -1.26. The number of aromatic nitrogens is 1. The predicted molar refractivity (Wildman–Crippen MR) is 145 cm³/mol. The molecule has 3 aromatic rings. The molecule has 0 radical (unpaired) electrons. The lowest BCUT2D eigenvalue weighted by Crippen LogP contribution is -2.54. The van der Waals surface area contributed by atoms with Crippen LogP contribution < -0.4 is 21.4 Å². The van der Waals surface area contributed by atoms with Crippen LogP contribution in [0.1, 0.15) is 55.2 Å². The Morgan fingerprint density at radius 1 is 1.00 bits per heavy atom. The largest absolute Gasteiger partial charge is 0.350 e. The van der Waals surface area contributed by atoms with E-state index in [1.807, 2.05) is 42.5 Å². The summed E-state index contributed by atoms with van der Waals surface area (Å²) in [6, 6.07) is 11.5. The van der Waals surface area contributed by atoms with Crippen molar-refractivity contribution in [1.82, 2.24) is 26.4 Å². The van der Waals surface area contributed by atoms with Gasteiger partial charge in [-0.25, -0.2) is 10.5 Å². The van der Waals surface area contributed by atoms with Gasteiger partial charge in [0.25, 0.3) is 5.91 Å². The fourth-order valence-corrected chi connectivity index (χ4v) is 4.10. The number of nitrogens with zero attached hydrogens (tertiary/aromatic N) is 1. The Kier molecular flexibility index (Phi) is 9.54. The smallest absolute Gasteiger partial charge is 0.271 e. The molecule has 2 aromatic carbocycles. The molecule has 0 aliphatic heterocycles. The monoisotopic (exact) mass is 539 g/mol. The topological polar surface area (TPSA) is 139 Å². The number of rotatable bonds is 10. The van der Waals surface area contributed by atoms with Gasteiger partial charge >= 0.3 is 0 Å². The molecule has 0 fully saturated rings. The fraction of sp³-hybridized carbons (Fsp3) is 0.370. The van der Waals surface area contributed by atoms with Gasteiger partial charge in [0, 0.05) is 11.9 Å². The molecule has 0 aliphatic rings. The first-order chi connectivity index (χ1) is 17.9. The van der Waals surface area contributed by atoms with Crippen molar-refractivity contribution in [2.75, 3.05) is 0 Å². The molecule has 1 aromatic heterocycles. The third-order valence-corrected chi connectivity index (χ3v) is 6.19. The van der Waals surface area contributed by atoms with Crippen LogP contribution in [0, 0.1) is 6.92 Å².